The van der Waals surface area contributed by atoms with Gasteiger partial charge in [0.1, 0.15) is 23.2 Å². The second-order valence-corrected chi connectivity index (χ2v) is 8.57. The van der Waals surface area contributed by atoms with Crippen LogP contribution < -0.4 is 32.9 Å². The van der Waals surface area contributed by atoms with Gasteiger partial charge in [-0.05, 0) is 36.4 Å². The van der Waals surface area contributed by atoms with E-state index in [0.717, 1.165) is 0 Å². The zero-order chi connectivity index (χ0) is 13.8. The van der Waals surface area contributed by atoms with Crippen molar-refractivity contribution in [3.8, 4) is 0 Å². The quantitative estimate of drug-likeness (QED) is 0.440. The topological polar surface area (TPSA) is 0 Å². The first kappa shape index (κ1) is 20.3. The Morgan fingerprint density at radius 3 is 0.955 bits per heavy atom. The molecule has 0 aliphatic rings. The molecule has 3 rings (SSSR count). The van der Waals surface area contributed by atoms with Gasteiger partial charge in [-0.15, -0.1) is 0 Å². The standard InChI is InChI=1S/C19H18P.BrH.K/c1-20(17-11-5-2-6-12-17,18-13-7-3-8-14-18)19-15-9-4-10-16-19;;/h2-16H,1H3;1H;/q+1;;/p-1. The summed E-state index contributed by atoms with van der Waals surface area (Å²) in [4.78, 5) is 0. The van der Waals surface area contributed by atoms with Crippen LogP contribution >= 0.6 is 7.26 Å². The van der Waals surface area contributed by atoms with E-state index in [9.17, 15) is 0 Å². The third-order valence-electron chi connectivity index (χ3n) is 3.82. The second kappa shape index (κ2) is 9.49. The van der Waals surface area contributed by atoms with Crippen molar-refractivity contribution in [2.75, 3.05) is 6.66 Å². The molecule has 0 aliphatic carbocycles. The van der Waals surface area contributed by atoms with Gasteiger partial charge in [0.05, 0.1) is 6.66 Å². The summed E-state index contributed by atoms with van der Waals surface area (Å²) in [6.07, 6.45) is 0. The Balaban J connectivity index is 0.00000121. The van der Waals surface area contributed by atoms with Gasteiger partial charge in [-0.3, -0.25) is 0 Å². The van der Waals surface area contributed by atoms with E-state index in [0.29, 0.717) is 0 Å². The number of benzene rings is 3. The molecule has 0 heterocycles. The van der Waals surface area contributed by atoms with Crippen molar-refractivity contribution >= 4 is 74.6 Å². The Morgan fingerprint density at radius 2 is 0.727 bits per heavy atom. The molecule has 0 unspecified atom stereocenters. The van der Waals surface area contributed by atoms with Gasteiger partial charge in [0.25, 0.3) is 0 Å². The molecule has 0 N–H and O–H groups in total. The summed E-state index contributed by atoms with van der Waals surface area (Å²) in [6, 6.07) is 32.6. The van der Waals surface area contributed by atoms with Crippen LogP contribution in [0.2, 0.25) is 0 Å². The summed E-state index contributed by atoms with van der Waals surface area (Å²) in [5.41, 5.74) is 0. The smallest absolute Gasteiger partial charge is 0.109 e. The van der Waals surface area contributed by atoms with E-state index in [1.807, 2.05) is 0 Å². The molecule has 0 atom stereocenters. The van der Waals surface area contributed by atoms with Crippen LogP contribution in [0.5, 0.6) is 0 Å². The van der Waals surface area contributed by atoms with Crippen molar-refractivity contribution in [1.82, 2.24) is 0 Å². The maximum absolute atomic E-state index is 2.41. The van der Waals surface area contributed by atoms with E-state index in [1.165, 1.54) is 15.9 Å². The average Bonchev–Trinajstić information content (AvgIpc) is 2.56. The Labute approximate surface area is 186 Å². The summed E-state index contributed by atoms with van der Waals surface area (Å²) in [6.45, 7) is 2.41. The molecule has 0 amide bonds. The summed E-state index contributed by atoms with van der Waals surface area (Å²) in [7, 11) is -1.53. The molecule has 0 bridgehead atoms. The van der Waals surface area contributed by atoms with E-state index in [-0.39, 0.29) is 68.4 Å². The van der Waals surface area contributed by atoms with E-state index in [1.54, 1.807) is 0 Å². The van der Waals surface area contributed by atoms with Crippen LogP contribution in [0.15, 0.2) is 91.0 Å². The van der Waals surface area contributed by atoms with Gasteiger partial charge >= 0.3 is 0 Å². The molecule has 0 nitrogen and oxygen atoms in total. The van der Waals surface area contributed by atoms with Gasteiger partial charge in [0.2, 0.25) is 0 Å². The van der Waals surface area contributed by atoms with E-state index in [2.05, 4.69) is 97.7 Å². The van der Waals surface area contributed by atoms with Gasteiger partial charge in [0, 0.05) is 51.4 Å². The maximum Gasteiger partial charge on any atom is 0.109 e. The van der Waals surface area contributed by atoms with E-state index in [4.69, 9.17) is 0 Å². The van der Waals surface area contributed by atoms with Crippen molar-refractivity contribution in [3.63, 3.8) is 0 Å². The predicted octanol–water partition coefficient (Wildman–Crippen LogP) is 0.233. The zero-order valence-corrected chi connectivity index (χ0v) is 18.6. The van der Waals surface area contributed by atoms with Gasteiger partial charge in [-0.2, -0.15) is 0 Å². The fourth-order valence-electron chi connectivity index (χ4n) is 2.63. The van der Waals surface area contributed by atoms with Crippen molar-refractivity contribution in [3.05, 3.63) is 91.0 Å². The minimum Gasteiger partial charge on any atom is -1.00 e. The first-order valence-electron chi connectivity index (χ1n) is 6.85. The SMILES string of the molecule is C[P+](c1ccccc1)(c1ccccc1)c1ccccc1.[Br-].[K]. The van der Waals surface area contributed by atoms with Crippen molar-refractivity contribution < 1.29 is 17.0 Å². The van der Waals surface area contributed by atoms with E-state index >= 15 is 0 Å². The largest absolute Gasteiger partial charge is 1.00 e. The molecule has 0 spiro atoms. The normalized spacial score (nSPS) is 10.2. The number of halogens is 1. The van der Waals surface area contributed by atoms with Crippen LogP contribution in [0.3, 0.4) is 0 Å². The van der Waals surface area contributed by atoms with Crippen LogP contribution in [0.25, 0.3) is 0 Å². The summed E-state index contributed by atoms with van der Waals surface area (Å²) < 4.78 is 0. The summed E-state index contributed by atoms with van der Waals surface area (Å²) >= 11 is 0. The van der Waals surface area contributed by atoms with Crippen LogP contribution in [0, 0.1) is 0 Å². The first-order chi connectivity index (χ1) is 9.82. The zero-order valence-electron chi connectivity index (χ0n) is 13.0. The molecule has 1 radical (unpaired) electrons. The molecule has 0 aliphatic heterocycles. The fourth-order valence-corrected chi connectivity index (χ4v) is 5.83. The van der Waals surface area contributed by atoms with Crippen LogP contribution in [0.4, 0.5) is 0 Å². The molecule has 107 valence electrons. The predicted molar refractivity (Wildman–Crippen MR) is 96.8 cm³/mol. The van der Waals surface area contributed by atoms with E-state index < -0.39 is 7.26 Å². The molecule has 22 heavy (non-hydrogen) atoms. The van der Waals surface area contributed by atoms with Crippen molar-refractivity contribution in [2.45, 2.75) is 0 Å². The molecular weight excluding hydrogens is 378 g/mol. The maximum atomic E-state index is 2.41. The minimum atomic E-state index is -1.53. The number of hydrogen-bond acceptors (Lipinski definition) is 0. The van der Waals surface area contributed by atoms with Crippen LogP contribution in [-0.2, 0) is 0 Å². The third kappa shape index (κ3) is 4.18. The van der Waals surface area contributed by atoms with Crippen molar-refractivity contribution in [1.29, 1.82) is 0 Å². The molecule has 0 aromatic heterocycles. The summed E-state index contributed by atoms with van der Waals surface area (Å²) in [5.74, 6) is 0. The van der Waals surface area contributed by atoms with Gasteiger partial charge in [-0.1, -0.05) is 54.6 Å². The van der Waals surface area contributed by atoms with Gasteiger partial charge in [-0.25, -0.2) is 0 Å². The molecule has 3 aromatic carbocycles. The summed E-state index contributed by atoms with van der Waals surface area (Å²) in [5, 5.41) is 4.28. The Morgan fingerprint density at radius 1 is 0.500 bits per heavy atom. The third-order valence-corrected chi connectivity index (χ3v) is 7.81. The Hall–Kier alpha value is 0.206. The Bertz CT molecular complexity index is 575. The monoisotopic (exact) mass is 395 g/mol. The molecule has 0 saturated carbocycles. The molecular formula is C19H18BrKP. The van der Waals surface area contributed by atoms with Crippen LogP contribution in [-0.4, -0.2) is 58.0 Å². The Kier molecular flexibility index (Phi) is 8.74. The fraction of sp³-hybridized carbons (Fsp3) is 0.0526. The average molecular weight is 396 g/mol. The van der Waals surface area contributed by atoms with Crippen molar-refractivity contribution in [2.24, 2.45) is 0 Å². The number of rotatable bonds is 3. The molecule has 3 heteroatoms. The minimum absolute atomic E-state index is 0. The van der Waals surface area contributed by atoms with Gasteiger partial charge in [0.15, 0.2) is 0 Å². The number of hydrogen-bond donors (Lipinski definition) is 0. The molecule has 0 fully saturated rings. The second-order valence-electron chi connectivity index (χ2n) is 5.01. The molecule has 0 saturated heterocycles. The molecule has 3 aromatic rings. The first-order valence-corrected chi connectivity index (χ1v) is 9.09. The van der Waals surface area contributed by atoms with Gasteiger partial charge < -0.3 is 17.0 Å². The van der Waals surface area contributed by atoms with Crippen LogP contribution in [0.1, 0.15) is 0 Å².